The zero-order chi connectivity index (χ0) is 13.2. The number of amides is 1. The number of anilines is 1. The smallest absolute Gasteiger partial charge is 0.221 e. The van der Waals surface area contributed by atoms with Crippen LogP contribution in [0.3, 0.4) is 0 Å². The highest BCUT2D eigenvalue weighted by Crippen LogP contribution is 2.34. The molecule has 0 saturated heterocycles. The third kappa shape index (κ3) is 2.96. The Morgan fingerprint density at radius 2 is 2.30 bits per heavy atom. The van der Waals surface area contributed by atoms with E-state index in [0.717, 1.165) is 37.5 Å². The van der Waals surface area contributed by atoms with Crippen molar-refractivity contribution in [2.45, 2.75) is 32.1 Å². The number of aliphatic imine (C=N–C) groups is 1. The molecule has 1 aliphatic carbocycles. The van der Waals surface area contributed by atoms with Crippen LogP contribution in [0.2, 0.25) is 0 Å². The highest BCUT2D eigenvalue weighted by Gasteiger charge is 2.26. The van der Waals surface area contributed by atoms with Gasteiger partial charge in [-0.15, -0.1) is 12.4 Å². The van der Waals surface area contributed by atoms with Crippen molar-refractivity contribution < 1.29 is 4.79 Å². The topological polar surface area (TPSA) is 53.5 Å². The van der Waals surface area contributed by atoms with E-state index in [1.807, 2.05) is 6.07 Å². The molecule has 1 aromatic carbocycles. The van der Waals surface area contributed by atoms with Gasteiger partial charge < -0.3 is 10.6 Å². The maximum Gasteiger partial charge on any atom is 0.221 e. The molecule has 0 saturated carbocycles. The number of aryl methyl sites for hydroxylation is 1. The molecule has 0 radical (unpaired) electrons. The number of hydrogen-bond donors (Lipinski definition) is 2. The molecule has 0 aromatic heterocycles. The Morgan fingerprint density at radius 1 is 1.45 bits per heavy atom. The summed E-state index contributed by atoms with van der Waals surface area (Å²) in [5.74, 6) is 1.54. The van der Waals surface area contributed by atoms with E-state index < -0.39 is 0 Å². The summed E-state index contributed by atoms with van der Waals surface area (Å²) >= 11 is 0. The van der Waals surface area contributed by atoms with Gasteiger partial charge in [0.25, 0.3) is 0 Å². The second-order valence-electron chi connectivity index (χ2n) is 5.23. The number of fused-ring (bicyclic) bond motifs is 1. The molecular formula is C15H20ClN3O. The fourth-order valence-electron chi connectivity index (χ4n) is 3.03. The Labute approximate surface area is 125 Å². The summed E-state index contributed by atoms with van der Waals surface area (Å²) in [6.07, 6.45) is 3.44. The van der Waals surface area contributed by atoms with Gasteiger partial charge >= 0.3 is 0 Å². The molecule has 20 heavy (non-hydrogen) atoms. The van der Waals surface area contributed by atoms with E-state index in [1.54, 1.807) is 6.92 Å². The molecule has 1 aliphatic heterocycles. The van der Waals surface area contributed by atoms with Gasteiger partial charge in [-0.1, -0.05) is 6.07 Å². The first-order chi connectivity index (χ1) is 9.24. The Bertz CT molecular complexity index is 542. The molecule has 1 heterocycles. The molecule has 2 aliphatic rings. The van der Waals surface area contributed by atoms with Crippen LogP contribution in [-0.4, -0.2) is 24.8 Å². The predicted octanol–water partition coefficient (Wildman–Crippen LogP) is 2.49. The number of carbonyl (C=O) groups is 1. The molecule has 0 bridgehead atoms. The van der Waals surface area contributed by atoms with Gasteiger partial charge in [0.15, 0.2) is 0 Å². The van der Waals surface area contributed by atoms with E-state index in [0.29, 0.717) is 5.92 Å². The van der Waals surface area contributed by atoms with Gasteiger partial charge in [0.2, 0.25) is 5.91 Å². The van der Waals surface area contributed by atoms with Gasteiger partial charge in [0, 0.05) is 25.1 Å². The molecule has 5 heteroatoms. The number of nitrogens with one attached hydrogen (secondary N) is 2. The third-order valence-corrected chi connectivity index (χ3v) is 3.81. The molecule has 0 fully saturated rings. The molecular weight excluding hydrogens is 274 g/mol. The van der Waals surface area contributed by atoms with Crippen molar-refractivity contribution in [2.24, 2.45) is 4.99 Å². The lowest BCUT2D eigenvalue weighted by Gasteiger charge is -2.26. The first kappa shape index (κ1) is 14.9. The van der Waals surface area contributed by atoms with Crippen LogP contribution in [0.1, 0.15) is 36.8 Å². The van der Waals surface area contributed by atoms with Crippen molar-refractivity contribution in [3.05, 3.63) is 29.3 Å². The van der Waals surface area contributed by atoms with Crippen molar-refractivity contribution in [3.63, 3.8) is 0 Å². The number of hydrogen-bond acceptors (Lipinski definition) is 3. The molecule has 0 spiro atoms. The van der Waals surface area contributed by atoms with Gasteiger partial charge in [-0.25, -0.2) is 0 Å². The molecule has 3 rings (SSSR count). The van der Waals surface area contributed by atoms with Crippen molar-refractivity contribution in [1.82, 2.24) is 5.32 Å². The van der Waals surface area contributed by atoms with Gasteiger partial charge in [-0.2, -0.15) is 0 Å². The molecule has 1 atom stereocenters. The zero-order valence-electron chi connectivity index (χ0n) is 11.6. The minimum absolute atomic E-state index is 0. The van der Waals surface area contributed by atoms with E-state index >= 15 is 0 Å². The summed E-state index contributed by atoms with van der Waals surface area (Å²) in [7, 11) is 0. The van der Waals surface area contributed by atoms with Crippen LogP contribution in [0.15, 0.2) is 23.2 Å². The molecule has 2 N–H and O–H groups in total. The number of carbonyl (C=O) groups excluding carboxylic acids is 1. The molecule has 1 aromatic rings. The largest absolute Gasteiger partial charge is 0.371 e. The summed E-state index contributed by atoms with van der Waals surface area (Å²) in [5, 5.41) is 6.25. The number of amidine groups is 1. The maximum absolute atomic E-state index is 11.1. The van der Waals surface area contributed by atoms with Crippen LogP contribution < -0.4 is 10.6 Å². The SMILES string of the molecule is CC(=O)Nc1ccc2c(c1)CCCC2C1=NCCN1.Cl. The highest BCUT2D eigenvalue weighted by molar-refractivity contribution is 5.91. The molecule has 108 valence electrons. The lowest BCUT2D eigenvalue weighted by molar-refractivity contribution is -0.114. The minimum atomic E-state index is -0.0193. The lowest BCUT2D eigenvalue weighted by atomic mass is 9.82. The number of halogens is 1. The fraction of sp³-hybridized carbons (Fsp3) is 0.467. The second-order valence-corrected chi connectivity index (χ2v) is 5.23. The quantitative estimate of drug-likeness (QED) is 0.880. The van der Waals surface area contributed by atoms with Crippen LogP contribution >= 0.6 is 12.4 Å². The first-order valence-electron chi connectivity index (χ1n) is 6.92. The van der Waals surface area contributed by atoms with E-state index in [1.165, 1.54) is 17.5 Å². The maximum atomic E-state index is 11.1. The van der Waals surface area contributed by atoms with Gasteiger partial charge in [0.1, 0.15) is 5.84 Å². The Morgan fingerprint density at radius 3 is 3.00 bits per heavy atom. The van der Waals surface area contributed by atoms with Crippen molar-refractivity contribution in [3.8, 4) is 0 Å². The number of nitrogens with zero attached hydrogens (tertiary/aromatic N) is 1. The van der Waals surface area contributed by atoms with Crippen molar-refractivity contribution >= 4 is 29.8 Å². The first-order valence-corrected chi connectivity index (χ1v) is 6.92. The average molecular weight is 294 g/mol. The monoisotopic (exact) mass is 293 g/mol. The lowest BCUT2D eigenvalue weighted by Crippen LogP contribution is -2.28. The summed E-state index contributed by atoms with van der Waals surface area (Å²) in [6.45, 7) is 3.40. The summed E-state index contributed by atoms with van der Waals surface area (Å²) in [6, 6.07) is 6.25. The summed E-state index contributed by atoms with van der Waals surface area (Å²) < 4.78 is 0. The summed E-state index contributed by atoms with van der Waals surface area (Å²) in [4.78, 5) is 15.7. The van der Waals surface area contributed by atoms with Gasteiger partial charge in [0.05, 0.1) is 6.54 Å². The Hall–Kier alpha value is -1.55. The van der Waals surface area contributed by atoms with Crippen LogP contribution in [0.25, 0.3) is 0 Å². The Balaban J connectivity index is 0.00000147. The van der Waals surface area contributed by atoms with Crippen LogP contribution in [0.4, 0.5) is 5.69 Å². The van der Waals surface area contributed by atoms with Crippen LogP contribution in [0.5, 0.6) is 0 Å². The minimum Gasteiger partial charge on any atom is -0.371 e. The molecule has 4 nitrogen and oxygen atoms in total. The van der Waals surface area contributed by atoms with Crippen LogP contribution in [-0.2, 0) is 11.2 Å². The van der Waals surface area contributed by atoms with E-state index in [9.17, 15) is 4.79 Å². The fourth-order valence-corrected chi connectivity index (χ4v) is 3.03. The van der Waals surface area contributed by atoms with E-state index in [4.69, 9.17) is 0 Å². The zero-order valence-corrected chi connectivity index (χ0v) is 12.4. The summed E-state index contributed by atoms with van der Waals surface area (Å²) in [5.41, 5.74) is 3.61. The Kier molecular flexibility index (Phi) is 4.65. The third-order valence-electron chi connectivity index (χ3n) is 3.81. The highest BCUT2D eigenvalue weighted by atomic mass is 35.5. The molecule has 1 amide bonds. The van der Waals surface area contributed by atoms with Gasteiger partial charge in [-0.3, -0.25) is 9.79 Å². The second kappa shape index (κ2) is 6.27. The van der Waals surface area contributed by atoms with E-state index in [-0.39, 0.29) is 18.3 Å². The average Bonchev–Trinajstić information content (AvgIpc) is 2.90. The standard InChI is InChI=1S/C15H19N3O.ClH/c1-10(19)18-12-5-6-13-11(9-12)3-2-4-14(13)15-16-7-8-17-15;/h5-6,9,14H,2-4,7-8H2,1H3,(H,16,17)(H,18,19);1H. The van der Waals surface area contributed by atoms with E-state index in [2.05, 4.69) is 27.8 Å². The predicted molar refractivity (Wildman–Crippen MR) is 84.0 cm³/mol. The van der Waals surface area contributed by atoms with Gasteiger partial charge in [-0.05, 0) is 42.5 Å². The van der Waals surface area contributed by atoms with Crippen molar-refractivity contribution in [1.29, 1.82) is 0 Å². The number of benzene rings is 1. The normalized spacial score (nSPS) is 20.2. The van der Waals surface area contributed by atoms with Crippen molar-refractivity contribution in [2.75, 3.05) is 18.4 Å². The molecule has 1 unspecified atom stereocenters. The van der Waals surface area contributed by atoms with Crippen LogP contribution in [0, 0.1) is 0 Å². The number of rotatable bonds is 2.